The third-order valence-corrected chi connectivity index (χ3v) is 5.19. The summed E-state index contributed by atoms with van der Waals surface area (Å²) in [5.41, 5.74) is 6.46. The van der Waals surface area contributed by atoms with Gasteiger partial charge in [-0.25, -0.2) is 4.68 Å². The van der Waals surface area contributed by atoms with Gasteiger partial charge in [0.05, 0.1) is 5.69 Å². The summed E-state index contributed by atoms with van der Waals surface area (Å²) in [5, 5.41) is 11.7. The second-order valence-corrected chi connectivity index (χ2v) is 7.12. The molecule has 1 fully saturated rings. The van der Waals surface area contributed by atoms with Crippen molar-refractivity contribution in [3.05, 3.63) is 65.2 Å². The quantitative estimate of drug-likeness (QED) is 0.793. The Morgan fingerprint density at radius 1 is 1.24 bits per heavy atom. The summed E-state index contributed by atoms with van der Waals surface area (Å²) < 4.78 is 1.99. The van der Waals surface area contributed by atoms with E-state index in [0.29, 0.717) is 5.92 Å². The molecule has 25 heavy (non-hydrogen) atoms. The van der Waals surface area contributed by atoms with E-state index in [2.05, 4.69) is 52.2 Å². The topological polar surface area (TPSA) is 49.7 Å². The Labute approximate surface area is 148 Å². The smallest absolute Gasteiger partial charge is 0.0695 e. The molecule has 1 saturated heterocycles. The van der Waals surface area contributed by atoms with Crippen LogP contribution >= 0.6 is 0 Å². The first kappa shape index (κ1) is 16.1. The van der Waals surface area contributed by atoms with E-state index >= 15 is 0 Å². The first-order valence-electron chi connectivity index (χ1n) is 9.02. The van der Waals surface area contributed by atoms with Gasteiger partial charge in [0, 0.05) is 43.3 Å². The normalized spacial score (nSPS) is 18.6. The standard InChI is InChI=1S/C20H25N5/c1-15-11-16(2)18(20(12-15)25-10-4-7-22-25)14-24-9-3-5-17(13-24)19-6-8-21-23-19/h4,6-8,10-12,17H,3,5,9,13-14H2,1-2H3,(H,21,23)/t17-/m1/s1. The van der Waals surface area contributed by atoms with Crippen molar-refractivity contribution < 1.29 is 0 Å². The van der Waals surface area contributed by atoms with Crippen LogP contribution in [-0.2, 0) is 6.54 Å². The summed E-state index contributed by atoms with van der Waals surface area (Å²) >= 11 is 0. The van der Waals surface area contributed by atoms with Crippen molar-refractivity contribution in [2.24, 2.45) is 0 Å². The van der Waals surface area contributed by atoms with Crippen LogP contribution in [0, 0.1) is 13.8 Å². The van der Waals surface area contributed by atoms with Crippen LogP contribution in [0.2, 0.25) is 0 Å². The van der Waals surface area contributed by atoms with Crippen molar-refractivity contribution in [1.82, 2.24) is 24.9 Å². The van der Waals surface area contributed by atoms with Crippen LogP contribution < -0.4 is 0 Å². The van der Waals surface area contributed by atoms with Gasteiger partial charge in [-0.15, -0.1) is 0 Å². The Morgan fingerprint density at radius 3 is 2.92 bits per heavy atom. The zero-order chi connectivity index (χ0) is 17.2. The van der Waals surface area contributed by atoms with Crippen molar-refractivity contribution in [3.63, 3.8) is 0 Å². The number of piperidine rings is 1. The van der Waals surface area contributed by atoms with Crippen LogP contribution in [0.15, 0.2) is 42.9 Å². The Bertz CT molecular complexity index is 820. The van der Waals surface area contributed by atoms with Crippen molar-refractivity contribution >= 4 is 0 Å². The molecule has 0 spiro atoms. The van der Waals surface area contributed by atoms with Gasteiger partial charge in [-0.2, -0.15) is 10.2 Å². The lowest BCUT2D eigenvalue weighted by Crippen LogP contribution is -2.34. The fraction of sp³-hybridized carbons (Fsp3) is 0.400. The highest BCUT2D eigenvalue weighted by molar-refractivity contribution is 5.48. The highest BCUT2D eigenvalue weighted by atomic mass is 15.3. The maximum atomic E-state index is 4.46. The molecule has 4 rings (SSSR count). The van der Waals surface area contributed by atoms with E-state index < -0.39 is 0 Å². The van der Waals surface area contributed by atoms with Crippen molar-refractivity contribution in [2.45, 2.75) is 39.2 Å². The maximum Gasteiger partial charge on any atom is 0.0695 e. The molecule has 1 N–H and O–H groups in total. The predicted octanol–water partition coefficient (Wildman–Crippen LogP) is 3.59. The fourth-order valence-electron chi connectivity index (χ4n) is 3.97. The summed E-state index contributed by atoms with van der Waals surface area (Å²) in [5.74, 6) is 0.551. The van der Waals surface area contributed by atoms with Gasteiger partial charge in [0.15, 0.2) is 0 Å². The molecule has 3 heterocycles. The van der Waals surface area contributed by atoms with Crippen molar-refractivity contribution in [2.75, 3.05) is 13.1 Å². The van der Waals surface area contributed by atoms with Gasteiger partial charge >= 0.3 is 0 Å². The van der Waals surface area contributed by atoms with E-state index in [1.165, 1.54) is 40.9 Å². The number of aryl methyl sites for hydroxylation is 2. The van der Waals surface area contributed by atoms with E-state index in [1.54, 1.807) is 0 Å². The summed E-state index contributed by atoms with van der Waals surface area (Å²) in [6.07, 6.45) is 8.19. The van der Waals surface area contributed by atoms with Crippen LogP contribution in [0.25, 0.3) is 5.69 Å². The number of H-pyrrole nitrogens is 1. The van der Waals surface area contributed by atoms with Gasteiger partial charge in [-0.1, -0.05) is 6.07 Å². The predicted molar refractivity (Wildman–Crippen MR) is 98.9 cm³/mol. The molecule has 130 valence electrons. The number of nitrogens with zero attached hydrogens (tertiary/aromatic N) is 4. The minimum Gasteiger partial charge on any atom is -0.298 e. The Kier molecular flexibility index (Phi) is 4.40. The third-order valence-electron chi connectivity index (χ3n) is 5.19. The van der Waals surface area contributed by atoms with Gasteiger partial charge in [0.25, 0.3) is 0 Å². The first-order valence-corrected chi connectivity index (χ1v) is 9.02. The number of aromatic nitrogens is 4. The maximum absolute atomic E-state index is 4.46. The molecule has 0 radical (unpaired) electrons. The minimum atomic E-state index is 0.551. The van der Waals surface area contributed by atoms with Gasteiger partial charge in [-0.05, 0) is 68.1 Å². The Hall–Kier alpha value is -2.40. The van der Waals surface area contributed by atoms with Crippen LogP contribution in [0.4, 0.5) is 0 Å². The Balaban J connectivity index is 1.60. The average molecular weight is 335 g/mol. The number of rotatable bonds is 4. The molecule has 0 saturated carbocycles. The number of hydrogen-bond donors (Lipinski definition) is 1. The number of aromatic amines is 1. The summed E-state index contributed by atoms with van der Waals surface area (Å²) in [6, 6.07) is 8.61. The molecule has 2 aromatic heterocycles. The number of hydrogen-bond acceptors (Lipinski definition) is 3. The van der Waals surface area contributed by atoms with E-state index in [9.17, 15) is 0 Å². The number of nitrogens with one attached hydrogen (secondary N) is 1. The Morgan fingerprint density at radius 2 is 2.16 bits per heavy atom. The molecule has 0 unspecified atom stereocenters. The van der Waals surface area contributed by atoms with Gasteiger partial charge in [-0.3, -0.25) is 10.00 Å². The lowest BCUT2D eigenvalue weighted by molar-refractivity contribution is 0.198. The lowest BCUT2D eigenvalue weighted by Gasteiger charge is -2.33. The third kappa shape index (κ3) is 3.37. The van der Waals surface area contributed by atoms with Gasteiger partial charge in [0.1, 0.15) is 0 Å². The highest BCUT2D eigenvalue weighted by Crippen LogP contribution is 2.28. The molecule has 5 nitrogen and oxygen atoms in total. The molecular weight excluding hydrogens is 310 g/mol. The van der Waals surface area contributed by atoms with E-state index in [-0.39, 0.29) is 0 Å². The summed E-state index contributed by atoms with van der Waals surface area (Å²) in [6.45, 7) is 7.56. The molecule has 0 aliphatic carbocycles. The molecule has 1 aliphatic rings. The van der Waals surface area contributed by atoms with E-state index in [1.807, 2.05) is 29.3 Å². The van der Waals surface area contributed by atoms with E-state index in [0.717, 1.165) is 19.6 Å². The number of likely N-dealkylation sites (tertiary alicyclic amines) is 1. The molecule has 0 bridgehead atoms. The molecule has 1 aliphatic heterocycles. The average Bonchev–Trinajstić information content (AvgIpc) is 3.31. The SMILES string of the molecule is Cc1cc(C)c(CN2CCC[C@@H](c3ccn[nH]3)C2)c(-n2cccn2)c1. The second kappa shape index (κ2) is 6.84. The zero-order valence-corrected chi connectivity index (χ0v) is 14.9. The van der Waals surface area contributed by atoms with Crippen LogP contribution in [0.1, 0.15) is 41.1 Å². The van der Waals surface area contributed by atoms with Crippen LogP contribution in [-0.4, -0.2) is 38.0 Å². The van der Waals surface area contributed by atoms with Gasteiger partial charge in [0.2, 0.25) is 0 Å². The first-order chi connectivity index (χ1) is 12.2. The van der Waals surface area contributed by atoms with Crippen molar-refractivity contribution in [3.8, 4) is 5.69 Å². The largest absolute Gasteiger partial charge is 0.298 e. The summed E-state index contributed by atoms with van der Waals surface area (Å²) in [7, 11) is 0. The van der Waals surface area contributed by atoms with Crippen LogP contribution in [0.5, 0.6) is 0 Å². The molecule has 5 heteroatoms. The molecule has 1 atom stereocenters. The number of benzene rings is 1. The second-order valence-electron chi connectivity index (χ2n) is 7.12. The highest BCUT2D eigenvalue weighted by Gasteiger charge is 2.23. The molecule has 3 aromatic rings. The monoisotopic (exact) mass is 335 g/mol. The zero-order valence-electron chi connectivity index (χ0n) is 14.9. The van der Waals surface area contributed by atoms with E-state index in [4.69, 9.17) is 0 Å². The molecule has 0 amide bonds. The minimum absolute atomic E-state index is 0.551. The summed E-state index contributed by atoms with van der Waals surface area (Å²) in [4.78, 5) is 2.57. The fourth-order valence-corrected chi connectivity index (χ4v) is 3.97. The van der Waals surface area contributed by atoms with Crippen molar-refractivity contribution in [1.29, 1.82) is 0 Å². The lowest BCUT2D eigenvalue weighted by atomic mass is 9.94. The van der Waals surface area contributed by atoms with Gasteiger partial charge < -0.3 is 0 Å². The van der Waals surface area contributed by atoms with Crippen LogP contribution in [0.3, 0.4) is 0 Å². The molecule has 1 aromatic carbocycles. The molecular formula is C20H25N5.